The van der Waals surface area contributed by atoms with E-state index in [-0.39, 0.29) is 0 Å². The molecule has 0 aromatic carbocycles. The van der Waals surface area contributed by atoms with E-state index < -0.39 is 0 Å². The number of nitrogens with one attached hydrogen (secondary N) is 1. The Morgan fingerprint density at radius 1 is 1.30 bits per heavy atom. The fourth-order valence-electron chi connectivity index (χ4n) is 2.81. The summed E-state index contributed by atoms with van der Waals surface area (Å²) in [6.45, 7) is 13.5. The molecule has 4 nitrogen and oxygen atoms in total. The average molecular weight is 278 g/mol. The van der Waals surface area contributed by atoms with Crippen LogP contribution in [0.4, 0.5) is 0 Å². The van der Waals surface area contributed by atoms with Crippen LogP contribution >= 0.6 is 0 Å². The summed E-state index contributed by atoms with van der Waals surface area (Å²) < 4.78 is 2.05. The first kappa shape index (κ1) is 15.5. The van der Waals surface area contributed by atoms with Crippen molar-refractivity contribution in [1.29, 1.82) is 0 Å². The van der Waals surface area contributed by atoms with Crippen LogP contribution in [-0.4, -0.2) is 40.4 Å². The molecule has 20 heavy (non-hydrogen) atoms. The molecule has 0 unspecified atom stereocenters. The quantitative estimate of drug-likeness (QED) is 0.868. The molecular weight excluding hydrogens is 248 g/mol. The van der Waals surface area contributed by atoms with Crippen molar-refractivity contribution >= 4 is 0 Å². The highest BCUT2D eigenvalue weighted by Crippen LogP contribution is 2.17. The number of hydrogen-bond acceptors (Lipinski definition) is 3. The van der Waals surface area contributed by atoms with Gasteiger partial charge in [0.25, 0.3) is 0 Å². The molecule has 4 heteroatoms. The molecule has 0 aliphatic carbocycles. The van der Waals surface area contributed by atoms with Gasteiger partial charge in [0.2, 0.25) is 0 Å². The van der Waals surface area contributed by atoms with Crippen molar-refractivity contribution in [3.05, 3.63) is 18.0 Å². The molecule has 1 aliphatic heterocycles. The predicted molar refractivity (Wildman–Crippen MR) is 83.8 cm³/mol. The van der Waals surface area contributed by atoms with Crippen LogP contribution in [-0.2, 0) is 6.54 Å². The van der Waals surface area contributed by atoms with Crippen molar-refractivity contribution in [1.82, 2.24) is 20.0 Å². The molecule has 1 N–H and O–H groups in total. The largest absolute Gasteiger partial charge is 0.317 e. The molecule has 1 saturated heterocycles. The Morgan fingerprint density at radius 2 is 2.00 bits per heavy atom. The fourth-order valence-corrected chi connectivity index (χ4v) is 2.81. The van der Waals surface area contributed by atoms with E-state index in [1.807, 2.05) is 0 Å². The topological polar surface area (TPSA) is 33.1 Å². The zero-order chi connectivity index (χ0) is 14.5. The second kappa shape index (κ2) is 7.23. The molecule has 1 aliphatic rings. The highest BCUT2D eigenvalue weighted by molar-refractivity contribution is 5.00. The van der Waals surface area contributed by atoms with Gasteiger partial charge in [-0.2, -0.15) is 5.10 Å². The van der Waals surface area contributed by atoms with Crippen LogP contribution in [0.1, 0.15) is 52.3 Å². The van der Waals surface area contributed by atoms with Crippen LogP contribution in [0.2, 0.25) is 0 Å². The summed E-state index contributed by atoms with van der Waals surface area (Å²) in [5, 5.41) is 8.14. The standard InChI is InChI=1S/C16H30N4/c1-13(2)19(11-15-5-8-17-9-6-15)12-16-7-10-20(18-16)14(3)4/h7,10,13-15,17H,5-6,8-9,11-12H2,1-4H3. The zero-order valence-corrected chi connectivity index (χ0v) is 13.5. The Hall–Kier alpha value is -0.870. The van der Waals surface area contributed by atoms with Crippen molar-refractivity contribution in [2.75, 3.05) is 19.6 Å². The van der Waals surface area contributed by atoms with Crippen LogP contribution in [0, 0.1) is 5.92 Å². The summed E-state index contributed by atoms with van der Waals surface area (Å²) in [6.07, 6.45) is 4.72. The molecule has 0 bridgehead atoms. The SMILES string of the molecule is CC(C)N(Cc1ccn(C(C)C)n1)CC1CCNCC1. The number of hydrogen-bond donors (Lipinski definition) is 1. The van der Waals surface area contributed by atoms with E-state index in [1.165, 1.54) is 38.2 Å². The highest BCUT2D eigenvalue weighted by Gasteiger charge is 2.19. The number of nitrogens with zero attached hydrogens (tertiary/aromatic N) is 3. The van der Waals surface area contributed by atoms with Crippen molar-refractivity contribution in [2.45, 2.75) is 59.2 Å². The van der Waals surface area contributed by atoms with Gasteiger partial charge in [0.05, 0.1) is 5.69 Å². The van der Waals surface area contributed by atoms with Crippen molar-refractivity contribution < 1.29 is 0 Å². The maximum absolute atomic E-state index is 4.69. The van der Waals surface area contributed by atoms with Gasteiger partial charge < -0.3 is 5.32 Å². The minimum absolute atomic E-state index is 0.445. The Kier molecular flexibility index (Phi) is 5.61. The molecule has 0 radical (unpaired) electrons. The summed E-state index contributed by atoms with van der Waals surface area (Å²) in [5.41, 5.74) is 1.20. The lowest BCUT2D eigenvalue weighted by Gasteiger charge is -2.32. The molecule has 0 saturated carbocycles. The third kappa shape index (κ3) is 4.32. The maximum Gasteiger partial charge on any atom is 0.0764 e. The highest BCUT2D eigenvalue weighted by atomic mass is 15.3. The number of aromatic nitrogens is 2. The average Bonchev–Trinajstić information content (AvgIpc) is 2.88. The molecule has 1 aromatic rings. The smallest absolute Gasteiger partial charge is 0.0764 e. The number of piperidine rings is 1. The van der Waals surface area contributed by atoms with Crippen LogP contribution < -0.4 is 5.32 Å². The third-order valence-electron chi connectivity index (χ3n) is 4.24. The van der Waals surface area contributed by atoms with E-state index in [4.69, 9.17) is 0 Å². The summed E-state index contributed by atoms with van der Waals surface area (Å²) in [5.74, 6) is 0.839. The first-order valence-corrected chi connectivity index (χ1v) is 8.05. The van der Waals surface area contributed by atoms with Gasteiger partial charge in [0.1, 0.15) is 0 Å². The van der Waals surface area contributed by atoms with Gasteiger partial charge in [-0.1, -0.05) is 0 Å². The first-order valence-electron chi connectivity index (χ1n) is 8.05. The normalized spacial score (nSPS) is 17.6. The summed E-state index contributed by atoms with van der Waals surface area (Å²) in [6, 6.07) is 3.19. The molecular formula is C16H30N4. The van der Waals surface area contributed by atoms with Gasteiger partial charge in [-0.25, -0.2) is 0 Å². The van der Waals surface area contributed by atoms with E-state index >= 15 is 0 Å². The lowest BCUT2D eigenvalue weighted by Crippen LogP contribution is -2.39. The van der Waals surface area contributed by atoms with Gasteiger partial charge >= 0.3 is 0 Å². The monoisotopic (exact) mass is 278 g/mol. The Labute approximate surface area is 123 Å². The lowest BCUT2D eigenvalue weighted by molar-refractivity contribution is 0.159. The van der Waals surface area contributed by atoms with Gasteiger partial charge in [0, 0.05) is 31.4 Å². The molecule has 0 atom stereocenters. The van der Waals surface area contributed by atoms with Crippen molar-refractivity contribution in [3.63, 3.8) is 0 Å². The minimum atomic E-state index is 0.445. The molecule has 1 aromatic heterocycles. The van der Waals surface area contributed by atoms with E-state index in [9.17, 15) is 0 Å². The van der Waals surface area contributed by atoms with Gasteiger partial charge in [-0.15, -0.1) is 0 Å². The van der Waals surface area contributed by atoms with Crippen LogP contribution in [0.15, 0.2) is 12.3 Å². The Balaban J connectivity index is 1.93. The zero-order valence-electron chi connectivity index (χ0n) is 13.5. The maximum atomic E-state index is 4.69. The van der Waals surface area contributed by atoms with E-state index in [2.05, 4.69) is 60.0 Å². The molecule has 0 amide bonds. The molecule has 0 spiro atoms. The molecule has 2 rings (SSSR count). The predicted octanol–water partition coefficient (Wildman–Crippen LogP) is 2.67. The van der Waals surface area contributed by atoms with Gasteiger partial charge in [-0.05, 0) is 65.6 Å². The van der Waals surface area contributed by atoms with Gasteiger partial charge in [0.15, 0.2) is 0 Å². The summed E-state index contributed by atoms with van der Waals surface area (Å²) in [4.78, 5) is 2.57. The van der Waals surface area contributed by atoms with E-state index in [1.54, 1.807) is 0 Å². The second-order valence-electron chi connectivity index (χ2n) is 6.60. The Morgan fingerprint density at radius 3 is 2.55 bits per heavy atom. The Bertz CT molecular complexity index is 391. The van der Waals surface area contributed by atoms with Crippen LogP contribution in [0.3, 0.4) is 0 Å². The second-order valence-corrected chi connectivity index (χ2v) is 6.60. The lowest BCUT2D eigenvalue weighted by atomic mass is 9.97. The third-order valence-corrected chi connectivity index (χ3v) is 4.24. The van der Waals surface area contributed by atoms with Gasteiger partial charge in [-0.3, -0.25) is 9.58 Å². The van der Waals surface area contributed by atoms with Crippen molar-refractivity contribution in [2.24, 2.45) is 5.92 Å². The summed E-state index contributed by atoms with van der Waals surface area (Å²) in [7, 11) is 0. The number of rotatable bonds is 6. The van der Waals surface area contributed by atoms with Crippen LogP contribution in [0.5, 0.6) is 0 Å². The minimum Gasteiger partial charge on any atom is -0.317 e. The molecule has 1 fully saturated rings. The van der Waals surface area contributed by atoms with Crippen molar-refractivity contribution in [3.8, 4) is 0 Å². The molecule has 2 heterocycles. The van der Waals surface area contributed by atoms with E-state index in [0.717, 1.165) is 12.5 Å². The fraction of sp³-hybridized carbons (Fsp3) is 0.812. The first-order chi connectivity index (χ1) is 9.56. The molecule has 114 valence electrons. The van der Waals surface area contributed by atoms with E-state index in [0.29, 0.717) is 12.1 Å². The summed E-state index contributed by atoms with van der Waals surface area (Å²) >= 11 is 0. The van der Waals surface area contributed by atoms with Crippen LogP contribution in [0.25, 0.3) is 0 Å².